The molecule has 1 unspecified atom stereocenters. The van der Waals surface area contributed by atoms with Crippen molar-refractivity contribution < 1.29 is 9.59 Å². The van der Waals surface area contributed by atoms with Crippen LogP contribution in [0.4, 0.5) is 0 Å². The third-order valence-corrected chi connectivity index (χ3v) is 2.81. The van der Waals surface area contributed by atoms with E-state index in [0.29, 0.717) is 6.42 Å². The van der Waals surface area contributed by atoms with E-state index >= 15 is 0 Å². The molecule has 1 atom stereocenters. The van der Waals surface area contributed by atoms with Crippen molar-refractivity contribution in [1.29, 1.82) is 0 Å². The van der Waals surface area contributed by atoms with Gasteiger partial charge in [-0.1, -0.05) is 51.1 Å². The van der Waals surface area contributed by atoms with Crippen LogP contribution in [0, 0.1) is 5.41 Å². The number of benzene rings is 1. The van der Waals surface area contributed by atoms with E-state index in [1.165, 1.54) is 0 Å². The van der Waals surface area contributed by atoms with Crippen LogP contribution < -0.4 is 5.32 Å². The zero-order valence-electron chi connectivity index (χ0n) is 10.9. The lowest BCUT2D eigenvalue weighted by molar-refractivity contribution is -0.131. The fraction of sp³-hybridized carbons (Fsp3) is 0.429. The molecule has 3 nitrogen and oxygen atoms in total. The average Bonchev–Trinajstić information content (AvgIpc) is 2.28. The number of carbonyl (C=O) groups is 2. The lowest BCUT2D eigenvalue weighted by atomic mass is 9.94. The van der Waals surface area contributed by atoms with Crippen molar-refractivity contribution in [2.75, 3.05) is 0 Å². The summed E-state index contributed by atoms with van der Waals surface area (Å²) in [5.74, 6) is -0.183. The summed E-state index contributed by atoms with van der Waals surface area (Å²) >= 11 is 5.53. The second-order valence-corrected chi connectivity index (χ2v) is 5.64. The number of amides is 1. The highest BCUT2D eigenvalue weighted by Crippen LogP contribution is 2.14. The Morgan fingerprint density at radius 2 is 1.78 bits per heavy atom. The molecule has 0 aromatic heterocycles. The topological polar surface area (TPSA) is 46.2 Å². The molecule has 0 spiro atoms. The van der Waals surface area contributed by atoms with Gasteiger partial charge in [0.2, 0.25) is 11.1 Å². The summed E-state index contributed by atoms with van der Waals surface area (Å²) in [5.41, 5.74) is 0.423. The van der Waals surface area contributed by atoms with Crippen LogP contribution in [0.15, 0.2) is 30.3 Å². The Kier molecular flexibility index (Phi) is 4.91. The van der Waals surface area contributed by atoms with Crippen molar-refractivity contribution >= 4 is 22.8 Å². The summed E-state index contributed by atoms with van der Waals surface area (Å²) in [7, 11) is 0. The Labute approximate surface area is 113 Å². The third kappa shape index (κ3) is 4.49. The molecule has 1 amide bonds. The molecule has 0 aliphatic heterocycles. The molecule has 0 saturated heterocycles. The molecular formula is C14H18ClNO2. The number of halogens is 1. The molecule has 4 heteroatoms. The third-order valence-electron chi connectivity index (χ3n) is 2.54. The molecule has 1 aromatic carbocycles. The molecule has 1 N–H and O–H groups in total. The lowest BCUT2D eigenvalue weighted by Crippen LogP contribution is -2.45. The van der Waals surface area contributed by atoms with Gasteiger partial charge in [0.05, 0.1) is 0 Å². The summed E-state index contributed by atoms with van der Waals surface area (Å²) in [4.78, 5) is 23.2. The van der Waals surface area contributed by atoms with Gasteiger partial charge in [0.15, 0.2) is 0 Å². The fourth-order valence-electron chi connectivity index (χ4n) is 1.41. The molecule has 0 heterocycles. The van der Waals surface area contributed by atoms with Crippen molar-refractivity contribution in [1.82, 2.24) is 5.32 Å². The van der Waals surface area contributed by atoms with Crippen LogP contribution in [0.5, 0.6) is 0 Å². The largest absolute Gasteiger partial charge is 0.344 e. The summed E-state index contributed by atoms with van der Waals surface area (Å²) in [6, 6.07) is 8.79. The number of rotatable bonds is 4. The Morgan fingerprint density at radius 3 is 2.22 bits per heavy atom. The highest BCUT2D eigenvalue weighted by molar-refractivity contribution is 6.64. The molecular weight excluding hydrogens is 250 g/mol. The van der Waals surface area contributed by atoms with Crippen molar-refractivity contribution in [2.24, 2.45) is 5.41 Å². The second kappa shape index (κ2) is 6.01. The molecule has 0 saturated carbocycles. The van der Waals surface area contributed by atoms with Gasteiger partial charge in [-0.3, -0.25) is 9.59 Å². The average molecular weight is 268 g/mol. The van der Waals surface area contributed by atoms with Crippen LogP contribution in [0.25, 0.3) is 0 Å². The van der Waals surface area contributed by atoms with Gasteiger partial charge in [0.1, 0.15) is 6.04 Å². The van der Waals surface area contributed by atoms with Crippen LogP contribution in [-0.4, -0.2) is 17.2 Å². The second-order valence-electron chi connectivity index (χ2n) is 5.27. The SMILES string of the molecule is CC(C)(C)C(=O)NC(Cc1ccccc1)C(=O)Cl. The molecule has 1 rings (SSSR count). The Balaban J connectivity index is 2.73. The first kappa shape index (κ1) is 14.7. The van der Waals surface area contributed by atoms with Crippen molar-refractivity contribution in [3.05, 3.63) is 35.9 Å². The monoisotopic (exact) mass is 267 g/mol. The predicted octanol–water partition coefficient (Wildman–Crippen LogP) is 2.53. The van der Waals surface area contributed by atoms with E-state index in [9.17, 15) is 9.59 Å². The van der Waals surface area contributed by atoms with E-state index in [1.807, 2.05) is 30.3 Å². The van der Waals surface area contributed by atoms with E-state index < -0.39 is 16.7 Å². The highest BCUT2D eigenvalue weighted by Gasteiger charge is 2.26. The molecule has 0 aliphatic carbocycles. The maximum atomic E-state index is 11.8. The van der Waals surface area contributed by atoms with Gasteiger partial charge < -0.3 is 5.32 Å². The van der Waals surface area contributed by atoms with Crippen LogP contribution in [-0.2, 0) is 16.0 Å². The van der Waals surface area contributed by atoms with E-state index in [-0.39, 0.29) is 5.91 Å². The minimum absolute atomic E-state index is 0.183. The quantitative estimate of drug-likeness (QED) is 0.852. The van der Waals surface area contributed by atoms with Gasteiger partial charge >= 0.3 is 0 Å². The summed E-state index contributed by atoms with van der Waals surface area (Å²) in [6.45, 7) is 5.38. The van der Waals surface area contributed by atoms with E-state index in [2.05, 4.69) is 5.32 Å². The summed E-state index contributed by atoms with van der Waals surface area (Å²) in [5, 5.41) is 2.14. The first-order valence-corrected chi connectivity index (χ1v) is 6.23. The van der Waals surface area contributed by atoms with Crippen molar-refractivity contribution in [2.45, 2.75) is 33.2 Å². The first-order chi connectivity index (χ1) is 8.30. The molecule has 0 fully saturated rings. The zero-order valence-corrected chi connectivity index (χ0v) is 11.6. The maximum absolute atomic E-state index is 11.8. The minimum Gasteiger partial charge on any atom is -0.344 e. The van der Waals surface area contributed by atoms with E-state index in [4.69, 9.17) is 11.6 Å². The highest BCUT2D eigenvalue weighted by atomic mass is 35.5. The Morgan fingerprint density at radius 1 is 1.22 bits per heavy atom. The van der Waals surface area contributed by atoms with Crippen molar-refractivity contribution in [3.8, 4) is 0 Å². The Bertz CT molecular complexity index is 423. The van der Waals surface area contributed by atoms with Crippen LogP contribution in [0.1, 0.15) is 26.3 Å². The van der Waals surface area contributed by atoms with Gasteiger partial charge in [-0.05, 0) is 17.2 Å². The molecule has 18 heavy (non-hydrogen) atoms. The van der Waals surface area contributed by atoms with Gasteiger partial charge in [-0.2, -0.15) is 0 Å². The van der Waals surface area contributed by atoms with Crippen LogP contribution >= 0.6 is 11.6 Å². The number of hydrogen-bond acceptors (Lipinski definition) is 2. The standard InChI is InChI=1S/C14H18ClNO2/c1-14(2,3)13(18)16-11(12(15)17)9-10-7-5-4-6-8-10/h4-8,11H,9H2,1-3H3,(H,16,18). The number of carbonyl (C=O) groups excluding carboxylic acids is 2. The molecule has 1 aromatic rings. The smallest absolute Gasteiger partial charge is 0.244 e. The lowest BCUT2D eigenvalue weighted by Gasteiger charge is -2.22. The van der Waals surface area contributed by atoms with Gasteiger partial charge in [-0.15, -0.1) is 0 Å². The number of hydrogen-bond donors (Lipinski definition) is 1. The minimum atomic E-state index is -0.680. The van der Waals surface area contributed by atoms with Crippen molar-refractivity contribution in [3.63, 3.8) is 0 Å². The summed E-state index contributed by atoms with van der Waals surface area (Å²) in [6.07, 6.45) is 0.408. The molecule has 0 radical (unpaired) electrons. The normalized spacial score (nSPS) is 12.9. The maximum Gasteiger partial charge on any atom is 0.244 e. The van der Waals surface area contributed by atoms with Gasteiger partial charge in [-0.25, -0.2) is 0 Å². The predicted molar refractivity (Wildman–Crippen MR) is 72.4 cm³/mol. The van der Waals surface area contributed by atoms with E-state index in [0.717, 1.165) is 5.56 Å². The molecule has 98 valence electrons. The summed E-state index contributed by atoms with van der Waals surface area (Å²) < 4.78 is 0. The van der Waals surface area contributed by atoms with E-state index in [1.54, 1.807) is 20.8 Å². The van der Waals surface area contributed by atoms with Crippen LogP contribution in [0.2, 0.25) is 0 Å². The first-order valence-electron chi connectivity index (χ1n) is 5.85. The van der Waals surface area contributed by atoms with Gasteiger partial charge in [0, 0.05) is 11.8 Å². The zero-order chi connectivity index (χ0) is 13.8. The van der Waals surface area contributed by atoms with Gasteiger partial charge in [0.25, 0.3) is 0 Å². The molecule has 0 bridgehead atoms. The fourth-order valence-corrected chi connectivity index (χ4v) is 1.54. The van der Waals surface area contributed by atoms with Crippen LogP contribution in [0.3, 0.4) is 0 Å². The molecule has 0 aliphatic rings. The number of nitrogens with one attached hydrogen (secondary N) is 1. The Hall–Kier alpha value is -1.35.